The van der Waals surface area contributed by atoms with Crippen molar-refractivity contribution in [3.8, 4) is 5.75 Å². The van der Waals surface area contributed by atoms with Gasteiger partial charge in [-0.2, -0.15) is 0 Å². The topological polar surface area (TPSA) is 58.6 Å². The van der Waals surface area contributed by atoms with Crippen LogP contribution in [0.2, 0.25) is 0 Å². The third-order valence-electron chi connectivity index (χ3n) is 5.13. The minimum Gasteiger partial charge on any atom is -0.484 e. The largest absolute Gasteiger partial charge is 0.484 e. The average molecular weight is 352 g/mol. The van der Waals surface area contributed by atoms with Crippen LogP contribution in [-0.2, 0) is 17.6 Å². The van der Waals surface area contributed by atoms with Crippen LogP contribution in [0.25, 0.3) is 0 Å². The van der Waals surface area contributed by atoms with E-state index in [1.807, 2.05) is 35.2 Å². The molecule has 0 N–H and O–H groups in total. The van der Waals surface area contributed by atoms with E-state index in [0.717, 1.165) is 43.2 Å². The highest BCUT2D eigenvalue weighted by atomic mass is 16.5. The van der Waals surface area contributed by atoms with Gasteiger partial charge in [0, 0.05) is 38.2 Å². The number of carbonyl (C=O) groups is 1. The van der Waals surface area contributed by atoms with Crippen LogP contribution in [0.5, 0.6) is 5.75 Å². The summed E-state index contributed by atoms with van der Waals surface area (Å²) in [5.41, 5.74) is 2.30. The molecule has 0 unspecified atom stereocenters. The zero-order valence-corrected chi connectivity index (χ0v) is 14.9. The predicted molar refractivity (Wildman–Crippen MR) is 99.4 cm³/mol. The first-order chi connectivity index (χ1) is 12.8. The smallest absolute Gasteiger partial charge is 0.260 e. The first-order valence-electron chi connectivity index (χ1n) is 9.34. The Hall–Kier alpha value is -2.63. The van der Waals surface area contributed by atoms with E-state index in [-0.39, 0.29) is 12.5 Å². The molecule has 136 valence electrons. The van der Waals surface area contributed by atoms with Gasteiger partial charge in [-0.1, -0.05) is 18.2 Å². The Kier molecular flexibility index (Phi) is 5.00. The molecule has 0 radical (unpaired) electrons. The number of nitrogens with zero attached hydrogens (tertiary/aromatic N) is 4. The Labute approximate surface area is 153 Å². The number of rotatable bonds is 4. The number of para-hydroxylation sites is 1. The molecule has 6 heteroatoms. The van der Waals surface area contributed by atoms with Crippen molar-refractivity contribution in [3.63, 3.8) is 0 Å². The van der Waals surface area contributed by atoms with Gasteiger partial charge in [-0.05, 0) is 31.4 Å². The fourth-order valence-corrected chi connectivity index (χ4v) is 3.71. The van der Waals surface area contributed by atoms with Crippen LogP contribution in [-0.4, -0.2) is 53.6 Å². The molecule has 3 heterocycles. The minimum atomic E-state index is 0.0253. The molecule has 0 bridgehead atoms. The second kappa shape index (κ2) is 7.72. The highest BCUT2D eigenvalue weighted by Crippen LogP contribution is 2.26. The van der Waals surface area contributed by atoms with Crippen molar-refractivity contribution in [2.75, 3.05) is 37.7 Å². The van der Waals surface area contributed by atoms with Crippen LogP contribution >= 0.6 is 0 Å². The second-order valence-electron chi connectivity index (χ2n) is 6.80. The monoisotopic (exact) mass is 352 g/mol. The lowest BCUT2D eigenvalue weighted by atomic mass is 10.1. The Morgan fingerprint density at radius 3 is 2.58 bits per heavy atom. The number of hydrogen-bond donors (Lipinski definition) is 0. The van der Waals surface area contributed by atoms with Crippen LogP contribution in [0.4, 0.5) is 5.82 Å². The molecule has 0 saturated carbocycles. The van der Waals surface area contributed by atoms with Crippen molar-refractivity contribution in [2.45, 2.75) is 25.7 Å². The van der Waals surface area contributed by atoms with E-state index >= 15 is 0 Å². The maximum Gasteiger partial charge on any atom is 0.260 e. The molecule has 0 spiro atoms. The zero-order valence-electron chi connectivity index (χ0n) is 14.9. The molecule has 2 aromatic rings. The van der Waals surface area contributed by atoms with Gasteiger partial charge in [0.05, 0.1) is 5.69 Å². The lowest BCUT2D eigenvalue weighted by Crippen LogP contribution is -2.36. The van der Waals surface area contributed by atoms with Gasteiger partial charge in [0.25, 0.3) is 5.91 Å². The van der Waals surface area contributed by atoms with Gasteiger partial charge < -0.3 is 14.5 Å². The molecule has 6 nitrogen and oxygen atoms in total. The number of fused-ring (bicyclic) bond motifs is 1. The zero-order chi connectivity index (χ0) is 17.8. The molecule has 1 fully saturated rings. The van der Waals surface area contributed by atoms with Crippen molar-refractivity contribution in [3.05, 3.63) is 47.9 Å². The van der Waals surface area contributed by atoms with Gasteiger partial charge in [0.15, 0.2) is 6.61 Å². The minimum absolute atomic E-state index is 0.0253. The number of hydrogen-bond acceptors (Lipinski definition) is 5. The van der Waals surface area contributed by atoms with E-state index in [0.29, 0.717) is 13.1 Å². The molecule has 0 atom stereocenters. The Morgan fingerprint density at radius 1 is 1.00 bits per heavy atom. The number of benzene rings is 1. The van der Waals surface area contributed by atoms with E-state index in [9.17, 15) is 4.79 Å². The highest BCUT2D eigenvalue weighted by molar-refractivity contribution is 5.78. The summed E-state index contributed by atoms with van der Waals surface area (Å²) in [6, 6.07) is 9.47. The van der Waals surface area contributed by atoms with Crippen LogP contribution < -0.4 is 9.64 Å². The van der Waals surface area contributed by atoms with Crippen molar-refractivity contribution in [1.29, 1.82) is 0 Å². The highest BCUT2D eigenvalue weighted by Gasteiger charge is 2.25. The summed E-state index contributed by atoms with van der Waals surface area (Å²) in [5, 5.41) is 0. The molecule has 2 aliphatic rings. The normalized spacial score (nSPS) is 16.9. The fraction of sp³-hybridized carbons (Fsp3) is 0.450. The molecule has 1 aromatic carbocycles. The molecule has 1 saturated heterocycles. The van der Waals surface area contributed by atoms with Gasteiger partial charge in [-0.15, -0.1) is 0 Å². The van der Waals surface area contributed by atoms with Gasteiger partial charge in [0.2, 0.25) is 0 Å². The van der Waals surface area contributed by atoms with E-state index in [4.69, 9.17) is 4.74 Å². The lowest BCUT2D eigenvalue weighted by molar-refractivity contribution is -0.133. The summed E-state index contributed by atoms with van der Waals surface area (Å²) in [4.78, 5) is 25.9. The van der Waals surface area contributed by atoms with Gasteiger partial charge in [-0.3, -0.25) is 4.79 Å². The van der Waals surface area contributed by atoms with Crippen LogP contribution in [0, 0.1) is 0 Å². The Bertz CT molecular complexity index is 760. The summed E-state index contributed by atoms with van der Waals surface area (Å²) >= 11 is 0. The summed E-state index contributed by atoms with van der Waals surface area (Å²) in [5.74, 6) is 1.82. The molecular formula is C20H24N4O2. The maximum absolute atomic E-state index is 12.6. The van der Waals surface area contributed by atoms with E-state index in [1.54, 1.807) is 6.33 Å². The van der Waals surface area contributed by atoms with Gasteiger partial charge in [-0.25, -0.2) is 9.97 Å². The van der Waals surface area contributed by atoms with Crippen LogP contribution in [0.15, 0.2) is 36.7 Å². The van der Waals surface area contributed by atoms with Crippen molar-refractivity contribution >= 4 is 11.7 Å². The maximum atomic E-state index is 12.6. The quantitative estimate of drug-likeness (QED) is 0.843. The molecule has 1 aromatic heterocycles. The number of anilines is 1. The van der Waals surface area contributed by atoms with Gasteiger partial charge in [0.1, 0.15) is 17.9 Å². The van der Waals surface area contributed by atoms with Crippen LogP contribution in [0.3, 0.4) is 0 Å². The Morgan fingerprint density at radius 2 is 1.77 bits per heavy atom. The second-order valence-corrected chi connectivity index (χ2v) is 6.80. The van der Waals surface area contributed by atoms with Crippen molar-refractivity contribution in [1.82, 2.24) is 14.9 Å². The third-order valence-corrected chi connectivity index (χ3v) is 5.13. The molecular weight excluding hydrogens is 328 g/mol. The van der Waals surface area contributed by atoms with E-state index < -0.39 is 0 Å². The predicted octanol–water partition coefficient (Wildman–Crippen LogP) is 2.08. The first-order valence-corrected chi connectivity index (χ1v) is 9.34. The summed E-state index contributed by atoms with van der Waals surface area (Å²) in [6.45, 7) is 3.58. The molecule has 26 heavy (non-hydrogen) atoms. The lowest BCUT2D eigenvalue weighted by Gasteiger charge is -2.21. The van der Waals surface area contributed by atoms with Crippen molar-refractivity contribution in [2.24, 2.45) is 0 Å². The van der Waals surface area contributed by atoms with Gasteiger partial charge >= 0.3 is 0 Å². The SMILES string of the molecule is O=C(COc1ccccc1)N1CCc2ncnc(N3CCCC3)c2CC1. The summed E-state index contributed by atoms with van der Waals surface area (Å²) < 4.78 is 5.62. The number of ether oxygens (including phenoxy) is 1. The molecule has 2 aliphatic heterocycles. The average Bonchev–Trinajstić information content (AvgIpc) is 3.13. The molecule has 1 amide bonds. The molecule has 4 rings (SSSR count). The number of amides is 1. The van der Waals surface area contributed by atoms with Crippen LogP contribution in [0.1, 0.15) is 24.1 Å². The Balaban J connectivity index is 1.41. The van der Waals surface area contributed by atoms with E-state index in [1.165, 1.54) is 18.4 Å². The number of aromatic nitrogens is 2. The summed E-state index contributed by atoms with van der Waals surface area (Å²) in [6.07, 6.45) is 5.69. The third kappa shape index (κ3) is 3.64. The van der Waals surface area contributed by atoms with Crippen molar-refractivity contribution < 1.29 is 9.53 Å². The fourth-order valence-electron chi connectivity index (χ4n) is 3.71. The summed E-state index contributed by atoms with van der Waals surface area (Å²) in [7, 11) is 0. The molecule has 0 aliphatic carbocycles. The van der Waals surface area contributed by atoms with E-state index in [2.05, 4.69) is 14.9 Å². The standard InChI is InChI=1S/C20H24N4O2/c25-19(14-26-16-6-2-1-3-7-16)23-12-8-17-18(9-13-23)21-15-22-20(17)24-10-4-5-11-24/h1-3,6-7,15H,4-5,8-14H2. The first kappa shape index (κ1) is 16.8. The number of carbonyl (C=O) groups excluding carboxylic acids is 1.